The smallest absolute Gasteiger partial charge is 0.156 e. The summed E-state index contributed by atoms with van der Waals surface area (Å²) in [4.78, 5) is 9.26. The highest BCUT2D eigenvalue weighted by molar-refractivity contribution is 6.18. The van der Waals surface area contributed by atoms with Gasteiger partial charge in [0.15, 0.2) is 5.82 Å². The molecule has 4 rings (SSSR count). The molecule has 1 N–H and O–H groups in total. The maximum absolute atomic E-state index is 5.35. The van der Waals surface area contributed by atoms with Crippen LogP contribution in [0.25, 0.3) is 0 Å². The second kappa shape index (κ2) is 5.57. The van der Waals surface area contributed by atoms with Crippen LogP contribution in [-0.4, -0.2) is 17.8 Å². The van der Waals surface area contributed by atoms with Gasteiger partial charge in [-0.2, -0.15) is 0 Å². The minimum Gasteiger partial charge on any atom is -0.497 e. The van der Waals surface area contributed by atoms with Gasteiger partial charge in [0.1, 0.15) is 11.4 Å². The molecule has 0 spiro atoms. The molecule has 0 saturated heterocycles. The second-order valence-corrected chi connectivity index (χ2v) is 5.23. The van der Waals surface area contributed by atoms with Gasteiger partial charge in [0.25, 0.3) is 0 Å². The van der Waals surface area contributed by atoms with E-state index in [4.69, 9.17) is 9.73 Å². The standard InChI is InChI=1S/C19H15N3O/c1-23-14-7-4-6-13(12-14)18-15-8-2-3-9-16(15)22-19-17(21-18)10-5-11-20-19/h2-12H,1H3,(H,20,22). The molecule has 0 radical (unpaired) electrons. The maximum Gasteiger partial charge on any atom is 0.156 e. The van der Waals surface area contributed by atoms with Crippen LogP contribution in [0.15, 0.2) is 71.9 Å². The number of benzene rings is 2. The van der Waals surface area contributed by atoms with E-state index in [2.05, 4.69) is 16.4 Å². The third-order valence-electron chi connectivity index (χ3n) is 3.80. The molecule has 0 atom stereocenters. The highest BCUT2D eigenvalue weighted by atomic mass is 16.5. The Morgan fingerprint density at radius 2 is 1.87 bits per heavy atom. The molecule has 0 amide bonds. The predicted octanol–water partition coefficient (Wildman–Crippen LogP) is 4.32. The minimum atomic E-state index is 0.762. The molecule has 23 heavy (non-hydrogen) atoms. The molecule has 2 heterocycles. The lowest BCUT2D eigenvalue weighted by molar-refractivity contribution is 0.414. The number of aromatic nitrogens is 1. The summed E-state index contributed by atoms with van der Waals surface area (Å²) in [5.74, 6) is 1.57. The van der Waals surface area contributed by atoms with Gasteiger partial charge in [-0.05, 0) is 30.3 Å². The number of fused-ring (bicyclic) bond motifs is 2. The summed E-state index contributed by atoms with van der Waals surface area (Å²) in [5.41, 5.74) is 4.76. The van der Waals surface area contributed by atoms with Gasteiger partial charge in [-0.15, -0.1) is 0 Å². The Balaban J connectivity index is 1.97. The Morgan fingerprint density at radius 1 is 0.957 bits per heavy atom. The number of para-hydroxylation sites is 1. The SMILES string of the molecule is COc1cccc(C2=Nc3cccnc3Nc3ccccc32)c1. The first-order chi connectivity index (χ1) is 11.3. The van der Waals surface area contributed by atoms with Gasteiger partial charge < -0.3 is 10.1 Å². The fourth-order valence-corrected chi connectivity index (χ4v) is 2.68. The molecule has 1 aliphatic heterocycles. The van der Waals surface area contributed by atoms with Gasteiger partial charge in [-0.3, -0.25) is 0 Å². The molecule has 0 unspecified atom stereocenters. The van der Waals surface area contributed by atoms with Crippen LogP contribution >= 0.6 is 0 Å². The van der Waals surface area contributed by atoms with Crippen LogP contribution in [0, 0.1) is 0 Å². The summed E-state index contributed by atoms with van der Waals surface area (Å²) in [6.07, 6.45) is 1.76. The summed E-state index contributed by atoms with van der Waals surface area (Å²) in [7, 11) is 1.67. The van der Waals surface area contributed by atoms with Gasteiger partial charge >= 0.3 is 0 Å². The molecule has 3 aromatic rings. The van der Waals surface area contributed by atoms with Gasteiger partial charge in [0.2, 0.25) is 0 Å². The number of ether oxygens (including phenoxy) is 1. The Labute approximate surface area is 134 Å². The quantitative estimate of drug-likeness (QED) is 0.600. The van der Waals surface area contributed by atoms with Crippen LogP contribution in [-0.2, 0) is 0 Å². The van der Waals surface area contributed by atoms with E-state index < -0.39 is 0 Å². The zero-order valence-corrected chi connectivity index (χ0v) is 12.7. The van der Waals surface area contributed by atoms with Gasteiger partial charge in [0, 0.05) is 23.0 Å². The molecule has 2 aromatic carbocycles. The molecule has 0 bridgehead atoms. The molecule has 4 heteroatoms. The van der Waals surface area contributed by atoms with Crippen LogP contribution in [0.2, 0.25) is 0 Å². The first-order valence-corrected chi connectivity index (χ1v) is 7.40. The molecule has 4 nitrogen and oxygen atoms in total. The Kier molecular flexibility index (Phi) is 3.27. The van der Waals surface area contributed by atoms with E-state index in [1.54, 1.807) is 13.3 Å². The number of nitrogens with zero attached hydrogens (tertiary/aromatic N) is 2. The Bertz CT molecular complexity index is 902. The Hall–Kier alpha value is -3.14. The summed E-state index contributed by atoms with van der Waals surface area (Å²) in [6.45, 7) is 0. The van der Waals surface area contributed by atoms with Crippen LogP contribution in [0.4, 0.5) is 17.2 Å². The number of nitrogens with one attached hydrogen (secondary N) is 1. The van der Waals surface area contributed by atoms with E-state index in [0.29, 0.717) is 0 Å². The summed E-state index contributed by atoms with van der Waals surface area (Å²) in [5, 5.41) is 3.37. The normalized spacial score (nSPS) is 12.3. The number of methoxy groups -OCH3 is 1. The fraction of sp³-hybridized carbons (Fsp3) is 0.0526. The highest BCUT2D eigenvalue weighted by Gasteiger charge is 2.18. The van der Waals surface area contributed by atoms with Gasteiger partial charge in [-0.1, -0.05) is 30.3 Å². The average Bonchev–Trinajstić information content (AvgIpc) is 2.78. The lowest BCUT2D eigenvalue weighted by atomic mass is 10.0. The van der Waals surface area contributed by atoms with Crippen molar-refractivity contribution in [1.82, 2.24) is 4.98 Å². The van der Waals surface area contributed by atoms with Crippen LogP contribution in [0.3, 0.4) is 0 Å². The van der Waals surface area contributed by atoms with Crippen LogP contribution < -0.4 is 10.1 Å². The molecule has 0 aliphatic carbocycles. The van der Waals surface area contributed by atoms with Crippen molar-refractivity contribution in [2.75, 3.05) is 12.4 Å². The maximum atomic E-state index is 5.35. The monoisotopic (exact) mass is 301 g/mol. The lowest BCUT2D eigenvalue weighted by Gasteiger charge is -2.11. The predicted molar refractivity (Wildman–Crippen MR) is 92.3 cm³/mol. The highest BCUT2D eigenvalue weighted by Crippen LogP contribution is 2.34. The Morgan fingerprint density at radius 3 is 2.78 bits per heavy atom. The third kappa shape index (κ3) is 2.44. The van der Waals surface area contributed by atoms with Crippen molar-refractivity contribution in [3.63, 3.8) is 0 Å². The molecular weight excluding hydrogens is 286 g/mol. The first-order valence-electron chi connectivity index (χ1n) is 7.40. The molecule has 112 valence electrons. The summed E-state index contributed by atoms with van der Waals surface area (Å²) >= 11 is 0. The zero-order valence-electron chi connectivity index (χ0n) is 12.7. The van der Waals surface area contributed by atoms with Crippen molar-refractivity contribution in [2.45, 2.75) is 0 Å². The largest absolute Gasteiger partial charge is 0.497 e. The van der Waals surface area contributed by atoms with Crippen LogP contribution in [0.5, 0.6) is 5.75 Å². The molecule has 1 aromatic heterocycles. The number of anilines is 2. The summed E-state index contributed by atoms with van der Waals surface area (Å²) < 4.78 is 5.35. The van der Waals surface area contributed by atoms with E-state index in [1.165, 1.54) is 0 Å². The van der Waals surface area contributed by atoms with Gasteiger partial charge in [-0.25, -0.2) is 9.98 Å². The number of hydrogen-bond donors (Lipinski definition) is 1. The minimum absolute atomic E-state index is 0.762. The molecule has 0 saturated carbocycles. The van der Waals surface area contributed by atoms with Crippen LogP contribution in [0.1, 0.15) is 11.1 Å². The first kappa shape index (κ1) is 13.5. The summed E-state index contributed by atoms with van der Waals surface area (Å²) in [6, 6.07) is 19.9. The van der Waals surface area contributed by atoms with E-state index >= 15 is 0 Å². The van der Waals surface area contributed by atoms with Crippen molar-refractivity contribution in [3.05, 3.63) is 78.0 Å². The second-order valence-electron chi connectivity index (χ2n) is 5.23. The third-order valence-corrected chi connectivity index (χ3v) is 3.80. The van der Waals surface area contributed by atoms with E-state index in [-0.39, 0.29) is 0 Å². The van der Waals surface area contributed by atoms with E-state index in [0.717, 1.165) is 39.8 Å². The molecule has 0 fully saturated rings. The average molecular weight is 301 g/mol. The lowest BCUT2D eigenvalue weighted by Crippen LogP contribution is -2.05. The van der Waals surface area contributed by atoms with Gasteiger partial charge in [0.05, 0.1) is 12.8 Å². The van der Waals surface area contributed by atoms with Crippen molar-refractivity contribution in [1.29, 1.82) is 0 Å². The number of hydrogen-bond acceptors (Lipinski definition) is 4. The number of rotatable bonds is 2. The zero-order chi connectivity index (χ0) is 15.6. The number of aliphatic imine (C=N–C) groups is 1. The fourth-order valence-electron chi connectivity index (χ4n) is 2.68. The van der Waals surface area contributed by atoms with E-state index in [1.807, 2.05) is 54.6 Å². The topological polar surface area (TPSA) is 46.5 Å². The number of pyridine rings is 1. The van der Waals surface area contributed by atoms with Crippen molar-refractivity contribution in [2.24, 2.45) is 4.99 Å². The molecule has 1 aliphatic rings. The van der Waals surface area contributed by atoms with Crippen molar-refractivity contribution >= 4 is 22.9 Å². The van der Waals surface area contributed by atoms with Crippen molar-refractivity contribution in [3.8, 4) is 5.75 Å². The van der Waals surface area contributed by atoms with Crippen molar-refractivity contribution < 1.29 is 4.74 Å². The molecular formula is C19H15N3O. The van der Waals surface area contributed by atoms with E-state index in [9.17, 15) is 0 Å².